The predicted molar refractivity (Wildman–Crippen MR) is 90.9 cm³/mol. The summed E-state index contributed by atoms with van der Waals surface area (Å²) in [4.78, 5) is 23.0. The third-order valence-corrected chi connectivity index (χ3v) is 6.53. The van der Waals surface area contributed by atoms with Crippen LogP contribution in [0.5, 0.6) is 0 Å². The second-order valence-corrected chi connectivity index (χ2v) is 11.7. The molecule has 0 spiro atoms. The molecule has 0 aromatic rings. The van der Waals surface area contributed by atoms with E-state index >= 15 is 0 Å². The van der Waals surface area contributed by atoms with Crippen molar-refractivity contribution in [2.24, 2.45) is 0 Å². The van der Waals surface area contributed by atoms with Gasteiger partial charge in [0, 0.05) is 18.8 Å². The zero-order valence-corrected chi connectivity index (χ0v) is 15.2. The summed E-state index contributed by atoms with van der Waals surface area (Å²) >= 11 is 4.11. The van der Waals surface area contributed by atoms with E-state index in [9.17, 15) is 9.59 Å². The molecule has 2 N–H and O–H groups in total. The van der Waals surface area contributed by atoms with Gasteiger partial charge in [-0.25, -0.2) is 0 Å². The van der Waals surface area contributed by atoms with Crippen molar-refractivity contribution in [1.82, 2.24) is 10.6 Å². The largest absolute Gasteiger partial charge is 0.357 e. The Morgan fingerprint density at radius 3 is 2.35 bits per heavy atom. The normalized spacial score (nSPS) is 12.8. The lowest BCUT2D eigenvalue weighted by Gasteiger charge is -2.24. The van der Waals surface area contributed by atoms with Crippen LogP contribution in [0, 0.1) is 0 Å². The fourth-order valence-electron chi connectivity index (χ4n) is 2.01. The molecule has 118 valence electrons. The summed E-state index contributed by atoms with van der Waals surface area (Å²) < 4.78 is 0. The Labute approximate surface area is 129 Å². The number of hydrogen-bond acceptors (Lipinski definition) is 3. The Bertz CT molecular complexity index is 312. The molecule has 0 rings (SSSR count). The lowest BCUT2D eigenvalue weighted by atomic mass is 10.2. The van der Waals surface area contributed by atoms with Crippen LogP contribution < -0.4 is 10.6 Å². The lowest BCUT2D eigenvalue weighted by Crippen LogP contribution is -2.51. The number of carbonyl (C=O) groups excluding carboxylic acids is 2. The number of rotatable bonds is 10. The molecule has 0 aliphatic carbocycles. The molecule has 0 saturated carbocycles. The fourth-order valence-corrected chi connectivity index (χ4v) is 4.30. The van der Waals surface area contributed by atoms with Gasteiger partial charge in [-0.05, 0) is 0 Å². The highest BCUT2D eigenvalue weighted by molar-refractivity contribution is 7.80. The van der Waals surface area contributed by atoms with Crippen LogP contribution in [-0.4, -0.2) is 37.9 Å². The Morgan fingerprint density at radius 1 is 1.20 bits per heavy atom. The Kier molecular flexibility index (Phi) is 10.0. The molecule has 0 unspecified atom stereocenters. The van der Waals surface area contributed by atoms with Crippen LogP contribution in [0.15, 0.2) is 0 Å². The summed E-state index contributed by atoms with van der Waals surface area (Å²) in [5, 5.41) is 5.59. The second kappa shape index (κ2) is 10.3. The van der Waals surface area contributed by atoms with Crippen LogP contribution in [0.1, 0.15) is 39.5 Å². The Morgan fingerprint density at radius 2 is 1.85 bits per heavy atom. The first kappa shape index (κ1) is 19.5. The smallest absolute Gasteiger partial charge is 0.243 e. The maximum Gasteiger partial charge on any atom is 0.243 e. The number of carbonyl (C=O) groups is 2. The summed E-state index contributed by atoms with van der Waals surface area (Å²) in [6.07, 6.45) is 5.85. The van der Waals surface area contributed by atoms with Gasteiger partial charge in [0.05, 0.1) is 8.07 Å². The molecule has 0 aromatic heterocycles. The van der Waals surface area contributed by atoms with Crippen molar-refractivity contribution in [3.63, 3.8) is 0 Å². The molecule has 0 saturated heterocycles. The molecule has 6 heteroatoms. The van der Waals surface area contributed by atoms with Crippen LogP contribution in [0.3, 0.4) is 0 Å². The topological polar surface area (TPSA) is 58.2 Å². The Hall–Kier alpha value is -0.493. The van der Waals surface area contributed by atoms with E-state index in [0.29, 0.717) is 5.75 Å². The summed E-state index contributed by atoms with van der Waals surface area (Å²) in [6, 6.07) is 0.708. The van der Waals surface area contributed by atoms with Crippen molar-refractivity contribution in [2.75, 3.05) is 11.9 Å². The minimum absolute atomic E-state index is 0.121. The van der Waals surface area contributed by atoms with Gasteiger partial charge in [-0.1, -0.05) is 51.7 Å². The third-order valence-electron chi connectivity index (χ3n) is 3.32. The van der Waals surface area contributed by atoms with Gasteiger partial charge in [0.2, 0.25) is 11.8 Å². The summed E-state index contributed by atoms with van der Waals surface area (Å²) in [7, 11) is -1.38. The molecular weight excluding hydrogens is 288 g/mol. The van der Waals surface area contributed by atoms with E-state index in [-0.39, 0.29) is 11.8 Å². The molecule has 20 heavy (non-hydrogen) atoms. The van der Waals surface area contributed by atoms with E-state index in [1.165, 1.54) is 38.7 Å². The lowest BCUT2D eigenvalue weighted by molar-refractivity contribution is -0.127. The molecule has 0 heterocycles. The monoisotopic (exact) mass is 318 g/mol. The number of nitrogens with one attached hydrogen (secondary N) is 2. The van der Waals surface area contributed by atoms with Gasteiger partial charge in [-0.3, -0.25) is 9.59 Å². The third kappa shape index (κ3) is 9.42. The van der Waals surface area contributed by atoms with E-state index in [4.69, 9.17) is 0 Å². The van der Waals surface area contributed by atoms with Gasteiger partial charge in [-0.2, -0.15) is 12.6 Å². The molecule has 4 nitrogen and oxygen atoms in total. The van der Waals surface area contributed by atoms with Crippen LogP contribution in [0.2, 0.25) is 19.1 Å². The molecular formula is C14H30N2O2SSi. The molecule has 1 atom stereocenters. The van der Waals surface area contributed by atoms with Crippen molar-refractivity contribution in [3.05, 3.63) is 0 Å². The van der Waals surface area contributed by atoms with E-state index in [1.807, 2.05) is 0 Å². The second-order valence-electron chi connectivity index (χ2n) is 6.13. The first-order chi connectivity index (χ1) is 9.32. The zero-order valence-electron chi connectivity index (χ0n) is 13.3. The SMILES string of the molecule is CCCCCC[Si](C)(C)CNC(=O)[C@H](CS)NC(C)=O. The first-order valence-corrected chi connectivity index (χ1v) is 11.5. The summed E-state index contributed by atoms with van der Waals surface area (Å²) in [5.74, 6) is 0.00350. The highest BCUT2D eigenvalue weighted by atomic mass is 32.1. The molecule has 0 radical (unpaired) electrons. The Balaban J connectivity index is 4.09. The number of thiol groups is 1. The fraction of sp³-hybridized carbons (Fsp3) is 0.857. The maximum absolute atomic E-state index is 12.0. The maximum atomic E-state index is 12.0. The van der Waals surface area contributed by atoms with Gasteiger partial charge in [0.1, 0.15) is 6.04 Å². The predicted octanol–water partition coefficient (Wildman–Crippen LogP) is 2.37. The van der Waals surface area contributed by atoms with Gasteiger partial charge in [0.25, 0.3) is 0 Å². The highest BCUT2D eigenvalue weighted by Gasteiger charge is 2.23. The first-order valence-electron chi connectivity index (χ1n) is 7.48. The van der Waals surface area contributed by atoms with Gasteiger partial charge < -0.3 is 10.6 Å². The van der Waals surface area contributed by atoms with E-state index in [1.54, 1.807) is 0 Å². The van der Waals surface area contributed by atoms with Crippen LogP contribution in [0.4, 0.5) is 0 Å². The van der Waals surface area contributed by atoms with Crippen molar-refractivity contribution in [1.29, 1.82) is 0 Å². The quantitative estimate of drug-likeness (QED) is 0.329. The van der Waals surface area contributed by atoms with Gasteiger partial charge >= 0.3 is 0 Å². The average molecular weight is 319 g/mol. The van der Waals surface area contributed by atoms with Gasteiger partial charge in [-0.15, -0.1) is 0 Å². The zero-order chi connectivity index (χ0) is 15.6. The molecule has 0 aliphatic rings. The van der Waals surface area contributed by atoms with Crippen LogP contribution in [-0.2, 0) is 9.59 Å². The highest BCUT2D eigenvalue weighted by Crippen LogP contribution is 2.14. The molecule has 0 aromatic carbocycles. The standard InChI is InChI=1S/C14H30N2O2SSi/c1-5-6-7-8-9-20(3,4)11-15-14(18)13(10-19)16-12(2)17/h13,19H,5-11H2,1-4H3,(H,15,18)(H,16,17)/t13-/m0/s1. The molecule has 0 fully saturated rings. The molecule has 2 amide bonds. The minimum atomic E-state index is -1.38. The number of unbranched alkanes of at least 4 members (excludes halogenated alkanes) is 3. The molecule has 0 bridgehead atoms. The number of hydrogen-bond donors (Lipinski definition) is 3. The van der Waals surface area contributed by atoms with E-state index < -0.39 is 14.1 Å². The van der Waals surface area contributed by atoms with E-state index in [0.717, 1.165) is 6.17 Å². The van der Waals surface area contributed by atoms with Crippen molar-refractivity contribution in [2.45, 2.75) is 64.7 Å². The average Bonchev–Trinajstić information content (AvgIpc) is 2.38. The molecule has 0 aliphatic heterocycles. The van der Waals surface area contributed by atoms with E-state index in [2.05, 4.69) is 43.3 Å². The van der Waals surface area contributed by atoms with Crippen molar-refractivity contribution < 1.29 is 9.59 Å². The van der Waals surface area contributed by atoms with Crippen molar-refractivity contribution in [3.8, 4) is 0 Å². The summed E-state index contributed by atoms with van der Waals surface area (Å²) in [6.45, 7) is 8.22. The van der Waals surface area contributed by atoms with Crippen LogP contribution in [0.25, 0.3) is 0 Å². The number of amides is 2. The van der Waals surface area contributed by atoms with Crippen LogP contribution >= 0.6 is 12.6 Å². The van der Waals surface area contributed by atoms with Crippen molar-refractivity contribution >= 4 is 32.5 Å². The minimum Gasteiger partial charge on any atom is -0.357 e. The van der Waals surface area contributed by atoms with Gasteiger partial charge in [0.15, 0.2) is 0 Å². The summed E-state index contributed by atoms with van der Waals surface area (Å²) in [5.41, 5.74) is 0.